The first-order valence-corrected chi connectivity index (χ1v) is 9.21. The van der Waals surface area contributed by atoms with Crippen LogP contribution in [0.5, 0.6) is 0 Å². The molecule has 0 radical (unpaired) electrons. The Labute approximate surface area is 154 Å². The molecule has 0 fully saturated rings. The molecule has 4 nitrogen and oxygen atoms in total. The van der Waals surface area contributed by atoms with Crippen molar-refractivity contribution >= 4 is 17.2 Å². The van der Waals surface area contributed by atoms with Crippen molar-refractivity contribution in [3.05, 3.63) is 58.2 Å². The lowest BCUT2D eigenvalue weighted by Gasteiger charge is -2.33. The summed E-state index contributed by atoms with van der Waals surface area (Å²) in [7, 11) is 0. The Balaban J connectivity index is 1.90. The molecule has 2 heterocycles. The van der Waals surface area contributed by atoms with Gasteiger partial charge in [-0.25, -0.2) is 0 Å². The van der Waals surface area contributed by atoms with Crippen LogP contribution in [0.4, 0.5) is 11.4 Å². The summed E-state index contributed by atoms with van der Waals surface area (Å²) in [6, 6.07) is 7.96. The highest BCUT2D eigenvalue weighted by Crippen LogP contribution is 2.46. The largest absolute Gasteiger partial charge is 0.464 e. The van der Waals surface area contributed by atoms with Gasteiger partial charge in [0, 0.05) is 17.7 Å². The summed E-state index contributed by atoms with van der Waals surface area (Å²) in [6.07, 6.45) is 1.40. The van der Waals surface area contributed by atoms with Gasteiger partial charge in [-0.05, 0) is 68.0 Å². The first-order valence-electron chi connectivity index (χ1n) is 9.21. The third kappa shape index (κ3) is 2.83. The fraction of sp³-hybridized carbons (Fsp3) is 0.409. The lowest BCUT2D eigenvalue weighted by Crippen LogP contribution is -2.31. The molecule has 26 heavy (non-hydrogen) atoms. The first-order chi connectivity index (χ1) is 12.2. The van der Waals surface area contributed by atoms with Crippen molar-refractivity contribution in [3.63, 3.8) is 0 Å². The van der Waals surface area contributed by atoms with E-state index in [2.05, 4.69) is 50.5 Å². The van der Waals surface area contributed by atoms with E-state index in [1.807, 2.05) is 19.1 Å². The number of hydrogen-bond acceptors (Lipinski definition) is 4. The molecule has 0 saturated heterocycles. The number of furan rings is 1. The van der Waals surface area contributed by atoms with Crippen molar-refractivity contribution in [2.45, 2.75) is 53.5 Å². The van der Waals surface area contributed by atoms with Crippen molar-refractivity contribution in [2.24, 2.45) is 5.41 Å². The number of carbonyl (C=O) groups is 1. The number of ketones is 1. The van der Waals surface area contributed by atoms with Crippen LogP contribution in [0.2, 0.25) is 0 Å². The minimum atomic E-state index is -0.266. The molecule has 0 saturated carbocycles. The molecular formula is C22H26N2O2. The second-order valence-electron chi connectivity index (χ2n) is 8.47. The predicted octanol–water partition coefficient (Wildman–Crippen LogP) is 5.43. The van der Waals surface area contributed by atoms with E-state index in [9.17, 15) is 4.79 Å². The van der Waals surface area contributed by atoms with Gasteiger partial charge in [0.15, 0.2) is 5.78 Å². The maximum absolute atomic E-state index is 13.1. The molecule has 136 valence electrons. The van der Waals surface area contributed by atoms with E-state index in [-0.39, 0.29) is 17.2 Å². The maximum Gasteiger partial charge on any atom is 0.163 e. The smallest absolute Gasteiger partial charge is 0.163 e. The molecular weight excluding hydrogens is 324 g/mol. The van der Waals surface area contributed by atoms with Gasteiger partial charge in [0.1, 0.15) is 17.6 Å². The summed E-state index contributed by atoms with van der Waals surface area (Å²) in [5.41, 5.74) is 6.26. The Bertz CT molecular complexity index is 934. The molecule has 0 amide bonds. The molecule has 4 rings (SSSR count). The average molecular weight is 350 g/mol. The van der Waals surface area contributed by atoms with Crippen LogP contribution in [0.15, 0.2) is 40.0 Å². The number of allylic oxidation sites excluding steroid dienone is 1. The highest BCUT2D eigenvalue weighted by atomic mass is 16.3. The molecule has 1 aromatic heterocycles. The molecule has 1 aliphatic heterocycles. The molecule has 0 unspecified atom stereocenters. The van der Waals surface area contributed by atoms with Gasteiger partial charge >= 0.3 is 0 Å². The minimum Gasteiger partial charge on any atom is -0.464 e. The van der Waals surface area contributed by atoms with Crippen LogP contribution in [0.3, 0.4) is 0 Å². The van der Waals surface area contributed by atoms with Crippen LogP contribution >= 0.6 is 0 Å². The van der Waals surface area contributed by atoms with Crippen molar-refractivity contribution in [3.8, 4) is 0 Å². The van der Waals surface area contributed by atoms with Crippen LogP contribution in [0, 0.1) is 26.2 Å². The van der Waals surface area contributed by atoms with E-state index in [1.165, 1.54) is 11.1 Å². The fourth-order valence-corrected chi connectivity index (χ4v) is 4.03. The zero-order valence-corrected chi connectivity index (χ0v) is 16.1. The summed E-state index contributed by atoms with van der Waals surface area (Å²) in [5.74, 6) is 1.83. The van der Waals surface area contributed by atoms with E-state index in [4.69, 9.17) is 4.42 Å². The summed E-state index contributed by atoms with van der Waals surface area (Å²) >= 11 is 0. The maximum atomic E-state index is 13.1. The van der Waals surface area contributed by atoms with Crippen LogP contribution in [0.25, 0.3) is 0 Å². The third-order valence-electron chi connectivity index (χ3n) is 5.47. The zero-order valence-electron chi connectivity index (χ0n) is 16.1. The summed E-state index contributed by atoms with van der Waals surface area (Å²) in [6.45, 7) is 10.5. The normalized spacial score (nSPS) is 21.4. The highest BCUT2D eigenvalue weighted by molar-refractivity contribution is 6.01. The molecule has 2 N–H and O–H groups in total. The van der Waals surface area contributed by atoms with Crippen LogP contribution in [-0.2, 0) is 4.79 Å². The molecule has 1 atom stereocenters. The molecule has 1 aliphatic carbocycles. The lowest BCUT2D eigenvalue weighted by atomic mass is 9.74. The number of aryl methyl sites for hydroxylation is 3. The second-order valence-corrected chi connectivity index (χ2v) is 8.47. The van der Waals surface area contributed by atoms with Gasteiger partial charge in [0.05, 0.1) is 11.4 Å². The van der Waals surface area contributed by atoms with Gasteiger partial charge in [-0.1, -0.05) is 13.8 Å². The highest BCUT2D eigenvalue weighted by Gasteiger charge is 2.39. The Hall–Kier alpha value is -2.49. The number of nitrogens with one attached hydrogen (secondary N) is 2. The summed E-state index contributed by atoms with van der Waals surface area (Å²) in [4.78, 5) is 13.1. The summed E-state index contributed by atoms with van der Waals surface area (Å²) < 4.78 is 5.92. The molecule has 0 bridgehead atoms. The number of carbonyl (C=O) groups excluding carboxylic acids is 1. The average Bonchev–Trinajstić information content (AvgIpc) is 2.89. The van der Waals surface area contributed by atoms with E-state index in [0.717, 1.165) is 40.6 Å². The SMILES string of the molecule is Cc1ccc([C@@H]2Nc3cc(C)c(C)cc3NC3=C2C(=O)CC(C)(C)C3)o1. The van der Waals surface area contributed by atoms with Gasteiger partial charge in [0.2, 0.25) is 0 Å². The van der Waals surface area contributed by atoms with Gasteiger partial charge in [-0.15, -0.1) is 0 Å². The van der Waals surface area contributed by atoms with Crippen molar-refractivity contribution in [1.29, 1.82) is 0 Å². The number of anilines is 2. The Kier molecular flexibility index (Phi) is 3.76. The molecule has 0 spiro atoms. The first kappa shape index (κ1) is 17.0. The molecule has 1 aromatic carbocycles. The topological polar surface area (TPSA) is 54.3 Å². The van der Waals surface area contributed by atoms with E-state index < -0.39 is 0 Å². The van der Waals surface area contributed by atoms with Crippen LogP contribution in [0.1, 0.15) is 55.4 Å². The van der Waals surface area contributed by atoms with E-state index in [1.54, 1.807) is 0 Å². The zero-order chi connectivity index (χ0) is 18.6. The monoisotopic (exact) mass is 350 g/mol. The van der Waals surface area contributed by atoms with Crippen molar-refractivity contribution < 1.29 is 9.21 Å². The Morgan fingerprint density at radius 1 is 1.04 bits per heavy atom. The van der Waals surface area contributed by atoms with Gasteiger partial charge < -0.3 is 15.1 Å². The summed E-state index contributed by atoms with van der Waals surface area (Å²) in [5, 5.41) is 7.16. The Morgan fingerprint density at radius 3 is 2.38 bits per heavy atom. The minimum absolute atomic E-state index is 0.0448. The van der Waals surface area contributed by atoms with Crippen molar-refractivity contribution in [1.82, 2.24) is 0 Å². The second kappa shape index (κ2) is 5.76. The number of Topliss-reactive ketones (excluding diaryl/α,β-unsaturated/α-hetero) is 1. The van der Waals surface area contributed by atoms with Gasteiger partial charge in [0.25, 0.3) is 0 Å². The number of benzene rings is 1. The lowest BCUT2D eigenvalue weighted by molar-refractivity contribution is -0.118. The van der Waals surface area contributed by atoms with Crippen LogP contribution in [-0.4, -0.2) is 5.78 Å². The Morgan fingerprint density at radius 2 is 1.73 bits per heavy atom. The number of fused-ring (bicyclic) bond motifs is 1. The number of rotatable bonds is 1. The molecule has 4 heteroatoms. The van der Waals surface area contributed by atoms with Crippen molar-refractivity contribution in [2.75, 3.05) is 10.6 Å². The van der Waals surface area contributed by atoms with Crippen LogP contribution < -0.4 is 10.6 Å². The van der Waals surface area contributed by atoms with E-state index >= 15 is 0 Å². The van der Waals surface area contributed by atoms with Gasteiger partial charge in [-0.2, -0.15) is 0 Å². The molecule has 2 aromatic rings. The fourth-order valence-electron chi connectivity index (χ4n) is 4.03. The predicted molar refractivity (Wildman–Crippen MR) is 104 cm³/mol. The van der Waals surface area contributed by atoms with Gasteiger partial charge in [-0.3, -0.25) is 4.79 Å². The standard InChI is InChI=1S/C22H26N2O2/c1-12-8-15-16(9-13(12)2)24-21(19-7-6-14(3)26-19)20-17(23-15)10-22(4,5)11-18(20)25/h6-9,21,23-24H,10-11H2,1-5H3/t21-/m0/s1. The third-order valence-corrected chi connectivity index (χ3v) is 5.47. The number of hydrogen-bond donors (Lipinski definition) is 2. The van der Waals surface area contributed by atoms with E-state index in [0.29, 0.717) is 6.42 Å². The quantitative estimate of drug-likeness (QED) is 0.720. The molecule has 2 aliphatic rings.